The lowest BCUT2D eigenvalue weighted by molar-refractivity contribution is -0.120. The van der Waals surface area contributed by atoms with Crippen LogP contribution in [0.25, 0.3) is 0 Å². The van der Waals surface area contributed by atoms with E-state index in [0.29, 0.717) is 11.3 Å². The number of carbonyl (C=O) groups excluding carboxylic acids is 2. The van der Waals surface area contributed by atoms with Gasteiger partial charge in [0, 0.05) is 5.56 Å². The van der Waals surface area contributed by atoms with Crippen LogP contribution in [0, 0.1) is 0 Å². The van der Waals surface area contributed by atoms with Crippen molar-refractivity contribution < 1.29 is 18.8 Å². The third-order valence-corrected chi connectivity index (χ3v) is 2.93. The van der Waals surface area contributed by atoms with E-state index in [2.05, 4.69) is 20.6 Å². The lowest BCUT2D eigenvalue weighted by atomic mass is 10.1. The van der Waals surface area contributed by atoms with Crippen molar-refractivity contribution in [1.29, 1.82) is 0 Å². The van der Waals surface area contributed by atoms with Crippen LogP contribution in [-0.2, 0) is 16.2 Å². The quantitative estimate of drug-likeness (QED) is 0.595. The second-order valence-corrected chi connectivity index (χ2v) is 4.58. The summed E-state index contributed by atoms with van der Waals surface area (Å²) < 4.78 is 5.10. The van der Waals surface area contributed by atoms with Gasteiger partial charge in [-0.25, -0.2) is 0 Å². The zero-order valence-corrected chi connectivity index (χ0v) is 12.6. The first kappa shape index (κ1) is 16.3. The largest absolute Gasteiger partial charge is 0.467 e. The standard InChI is InChI=1S/C16H17N3O4/c1-22-19-9-12-4-6-13(7-5-12)16(21)18-11-15(20)17-10-14-3-2-8-23-14/h2-9H,10-11H2,1H3,(H,17,20)(H,18,21)/b19-9+. The number of rotatable bonds is 7. The molecule has 7 nitrogen and oxygen atoms in total. The predicted molar refractivity (Wildman–Crippen MR) is 83.9 cm³/mol. The van der Waals surface area contributed by atoms with Gasteiger partial charge in [-0.2, -0.15) is 0 Å². The Balaban J connectivity index is 1.77. The summed E-state index contributed by atoms with van der Waals surface area (Å²) in [5.41, 5.74) is 1.26. The van der Waals surface area contributed by atoms with Gasteiger partial charge in [0.05, 0.1) is 25.6 Å². The van der Waals surface area contributed by atoms with Crippen LogP contribution < -0.4 is 10.6 Å². The van der Waals surface area contributed by atoms with Crippen molar-refractivity contribution >= 4 is 18.0 Å². The van der Waals surface area contributed by atoms with Gasteiger partial charge in [-0.15, -0.1) is 0 Å². The van der Waals surface area contributed by atoms with Gasteiger partial charge in [0.25, 0.3) is 5.91 Å². The van der Waals surface area contributed by atoms with E-state index in [-0.39, 0.29) is 24.9 Å². The number of oxime groups is 1. The van der Waals surface area contributed by atoms with Gasteiger partial charge >= 0.3 is 0 Å². The first-order valence-electron chi connectivity index (χ1n) is 6.93. The summed E-state index contributed by atoms with van der Waals surface area (Å²) in [4.78, 5) is 28.2. The topological polar surface area (TPSA) is 92.9 Å². The van der Waals surface area contributed by atoms with E-state index in [9.17, 15) is 9.59 Å². The SMILES string of the molecule is CO/N=C/c1ccc(C(=O)NCC(=O)NCc2ccco2)cc1. The van der Waals surface area contributed by atoms with E-state index >= 15 is 0 Å². The van der Waals surface area contributed by atoms with Crippen LogP contribution in [0.4, 0.5) is 0 Å². The summed E-state index contributed by atoms with van der Waals surface area (Å²) >= 11 is 0. The maximum atomic E-state index is 11.9. The Morgan fingerprint density at radius 1 is 1.22 bits per heavy atom. The highest BCUT2D eigenvalue weighted by Gasteiger charge is 2.08. The molecule has 0 radical (unpaired) electrons. The van der Waals surface area contributed by atoms with Crippen LogP contribution in [0.15, 0.2) is 52.2 Å². The Morgan fingerprint density at radius 3 is 2.65 bits per heavy atom. The molecule has 1 aromatic carbocycles. The second-order valence-electron chi connectivity index (χ2n) is 4.58. The van der Waals surface area contributed by atoms with Crippen molar-refractivity contribution in [3.8, 4) is 0 Å². The molecule has 2 rings (SSSR count). The molecule has 0 unspecified atom stereocenters. The van der Waals surface area contributed by atoms with Crippen LogP contribution >= 0.6 is 0 Å². The molecular formula is C16H17N3O4. The van der Waals surface area contributed by atoms with Crippen LogP contribution in [0.2, 0.25) is 0 Å². The average Bonchev–Trinajstić information content (AvgIpc) is 3.10. The van der Waals surface area contributed by atoms with Gasteiger partial charge in [0.15, 0.2) is 0 Å². The lowest BCUT2D eigenvalue weighted by Crippen LogP contribution is -2.36. The summed E-state index contributed by atoms with van der Waals surface area (Å²) in [5, 5.41) is 8.83. The predicted octanol–water partition coefficient (Wildman–Crippen LogP) is 1.31. The van der Waals surface area contributed by atoms with Crippen LogP contribution in [0.3, 0.4) is 0 Å². The van der Waals surface area contributed by atoms with Gasteiger partial charge in [-0.3, -0.25) is 9.59 Å². The number of furan rings is 1. The minimum atomic E-state index is -0.326. The number of nitrogens with zero attached hydrogens (tertiary/aromatic N) is 1. The molecular weight excluding hydrogens is 298 g/mol. The minimum absolute atomic E-state index is 0.105. The first-order valence-corrected chi connectivity index (χ1v) is 6.93. The van der Waals surface area contributed by atoms with Gasteiger partial charge in [0.2, 0.25) is 5.91 Å². The van der Waals surface area contributed by atoms with Gasteiger partial charge in [0.1, 0.15) is 12.9 Å². The fourth-order valence-corrected chi connectivity index (χ4v) is 1.76. The van der Waals surface area contributed by atoms with E-state index in [4.69, 9.17) is 4.42 Å². The van der Waals surface area contributed by atoms with E-state index in [1.54, 1.807) is 36.4 Å². The van der Waals surface area contributed by atoms with E-state index < -0.39 is 0 Å². The number of benzene rings is 1. The molecule has 0 atom stereocenters. The minimum Gasteiger partial charge on any atom is -0.467 e. The van der Waals surface area contributed by atoms with Crippen molar-refractivity contribution in [2.75, 3.05) is 13.7 Å². The molecule has 7 heteroatoms. The third-order valence-electron chi connectivity index (χ3n) is 2.93. The molecule has 0 fully saturated rings. The summed E-state index contributed by atoms with van der Waals surface area (Å²) in [5.74, 6) is 0.0324. The summed E-state index contributed by atoms with van der Waals surface area (Å²) in [6.45, 7) is 0.182. The van der Waals surface area contributed by atoms with E-state index in [0.717, 1.165) is 5.56 Å². The van der Waals surface area contributed by atoms with Crippen molar-refractivity contribution in [3.05, 3.63) is 59.5 Å². The third kappa shape index (κ3) is 5.31. The fraction of sp³-hybridized carbons (Fsp3) is 0.188. The van der Waals surface area contributed by atoms with Crippen molar-refractivity contribution in [2.45, 2.75) is 6.54 Å². The zero-order chi connectivity index (χ0) is 16.5. The lowest BCUT2D eigenvalue weighted by Gasteiger charge is -2.06. The zero-order valence-electron chi connectivity index (χ0n) is 12.6. The highest BCUT2D eigenvalue weighted by Crippen LogP contribution is 2.03. The Bertz CT molecular complexity index is 663. The van der Waals surface area contributed by atoms with Gasteiger partial charge in [-0.1, -0.05) is 17.3 Å². The van der Waals surface area contributed by atoms with Gasteiger partial charge < -0.3 is 19.9 Å². The number of nitrogens with one attached hydrogen (secondary N) is 2. The first-order chi connectivity index (χ1) is 11.2. The van der Waals surface area contributed by atoms with E-state index in [1.165, 1.54) is 19.6 Å². The molecule has 0 aliphatic carbocycles. The molecule has 0 saturated heterocycles. The Hall–Kier alpha value is -3.09. The Labute approximate surface area is 133 Å². The number of hydrogen-bond acceptors (Lipinski definition) is 5. The highest BCUT2D eigenvalue weighted by molar-refractivity contribution is 5.97. The van der Waals surface area contributed by atoms with Crippen LogP contribution in [-0.4, -0.2) is 31.7 Å². The monoisotopic (exact) mass is 315 g/mol. The molecule has 1 aromatic heterocycles. The van der Waals surface area contributed by atoms with Crippen molar-refractivity contribution in [2.24, 2.45) is 5.16 Å². The molecule has 120 valence electrons. The Kier molecular flexibility index (Phi) is 5.93. The molecule has 0 aliphatic rings. The van der Waals surface area contributed by atoms with Crippen molar-refractivity contribution in [1.82, 2.24) is 10.6 Å². The normalized spacial score (nSPS) is 10.5. The maximum absolute atomic E-state index is 11.9. The number of carbonyl (C=O) groups is 2. The molecule has 0 bridgehead atoms. The second kappa shape index (κ2) is 8.38. The van der Waals surface area contributed by atoms with Crippen LogP contribution in [0.1, 0.15) is 21.7 Å². The Morgan fingerprint density at radius 2 is 2.00 bits per heavy atom. The van der Waals surface area contributed by atoms with E-state index in [1.807, 2.05) is 0 Å². The van der Waals surface area contributed by atoms with Crippen molar-refractivity contribution in [3.63, 3.8) is 0 Å². The average molecular weight is 315 g/mol. The molecule has 0 saturated carbocycles. The summed E-state index contributed by atoms with van der Waals surface area (Å²) in [6.07, 6.45) is 3.06. The van der Waals surface area contributed by atoms with Gasteiger partial charge in [-0.05, 0) is 29.8 Å². The molecule has 0 spiro atoms. The molecule has 23 heavy (non-hydrogen) atoms. The fourth-order valence-electron chi connectivity index (χ4n) is 1.76. The molecule has 1 heterocycles. The number of hydrogen-bond donors (Lipinski definition) is 2. The summed E-state index contributed by atoms with van der Waals surface area (Å²) in [7, 11) is 1.45. The molecule has 2 aromatic rings. The van der Waals surface area contributed by atoms with Crippen LogP contribution in [0.5, 0.6) is 0 Å². The molecule has 0 aliphatic heterocycles. The molecule has 2 amide bonds. The highest BCUT2D eigenvalue weighted by atomic mass is 16.6. The summed E-state index contributed by atoms with van der Waals surface area (Å²) in [6, 6.07) is 10.3. The maximum Gasteiger partial charge on any atom is 0.251 e. The smallest absolute Gasteiger partial charge is 0.251 e. The molecule has 2 N–H and O–H groups in total. The number of amides is 2.